The highest BCUT2D eigenvalue weighted by Gasteiger charge is 2.20. The molecule has 0 saturated heterocycles. The van der Waals surface area contributed by atoms with E-state index in [-0.39, 0.29) is 5.56 Å². The van der Waals surface area contributed by atoms with E-state index < -0.39 is 5.97 Å². The van der Waals surface area contributed by atoms with Crippen molar-refractivity contribution >= 4 is 39.3 Å². The summed E-state index contributed by atoms with van der Waals surface area (Å²) in [6, 6.07) is 0. The number of aryl methyl sites for hydroxylation is 1. The number of carbonyl (C=O) groups is 1. The van der Waals surface area contributed by atoms with E-state index in [1.165, 1.54) is 50.6 Å². The largest absolute Gasteiger partial charge is 0.465 e. The molecule has 23 heavy (non-hydrogen) atoms. The number of esters is 1. The van der Waals surface area contributed by atoms with E-state index in [2.05, 4.69) is 9.97 Å². The van der Waals surface area contributed by atoms with Crippen molar-refractivity contribution in [2.45, 2.75) is 50.0 Å². The summed E-state index contributed by atoms with van der Waals surface area (Å²) in [5, 5.41) is 1.17. The minimum Gasteiger partial charge on any atom is -0.465 e. The molecule has 1 fully saturated rings. The lowest BCUT2D eigenvalue weighted by atomic mass is 10.0. The van der Waals surface area contributed by atoms with Crippen LogP contribution >= 0.6 is 23.1 Å². The predicted octanol–water partition coefficient (Wildman–Crippen LogP) is 3.65. The van der Waals surface area contributed by atoms with Crippen molar-refractivity contribution in [2.24, 2.45) is 0 Å². The van der Waals surface area contributed by atoms with Crippen molar-refractivity contribution < 1.29 is 9.53 Å². The fraction of sp³-hybridized carbons (Fsp3) is 0.562. The third-order valence-electron chi connectivity index (χ3n) is 4.23. The number of methoxy groups -OCH3 is 1. The van der Waals surface area contributed by atoms with E-state index >= 15 is 0 Å². The summed E-state index contributed by atoms with van der Waals surface area (Å²) in [5.41, 5.74) is 0.482. The first-order valence-corrected chi connectivity index (χ1v) is 9.69. The van der Waals surface area contributed by atoms with Gasteiger partial charge in [0.15, 0.2) is 0 Å². The van der Waals surface area contributed by atoms with Crippen molar-refractivity contribution in [3.63, 3.8) is 0 Å². The van der Waals surface area contributed by atoms with Gasteiger partial charge >= 0.3 is 5.97 Å². The Morgan fingerprint density at radius 1 is 1.39 bits per heavy atom. The van der Waals surface area contributed by atoms with Gasteiger partial charge in [-0.05, 0) is 25.3 Å². The summed E-state index contributed by atoms with van der Waals surface area (Å²) >= 11 is 3.10. The van der Waals surface area contributed by atoms with Crippen molar-refractivity contribution in [3.8, 4) is 0 Å². The molecular formula is C16H20N2O3S2. The Morgan fingerprint density at radius 2 is 2.13 bits per heavy atom. The van der Waals surface area contributed by atoms with Crippen molar-refractivity contribution in [1.82, 2.24) is 9.97 Å². The molecule has 0 amide bonds. The van der Waals surface area contributed by atoms with E-state index in [9.17, 15) is 9.59 Å². The number of nitrogens with zero attached hydrogens (tertiary/aromatic N) is 1. The number of H-pyrrole nitrogens is 1. The fourth-order valence-electron chi connectivity index (χ4n) is 2.97. The van der Waals surface area contributed by atoms with Gasteiger partial charge in [-0.1, -0.05) is 19.3 Å². The Hall–Kier alpha value is -1.34. The number of aromatic amines is 1. The highest BCUT2D eigenvalue weighted by atomic mass is 32.2. The molecule has 124 valence electrons. The molecule has 0 aromatic carbocycles. The van der Waals surface area contributed by atoms with Gasteiger partial charge in [0.05, 0.1) is 18.2 Å². The molecule has 2 aromatic heterocycles. The smallest absolute Gasteiger partial charge is 0.348 e. The van der Waals surface area contributed by atoms with Crippen LogP contribution in [0.25, 0.3) is 10.2 Å². The summed E-state index contributed by atoms with van der Waals surface area (Å²) in [6.07, 6.45) is 6.44. The SMILES string of the molecule is COC(=O)c1sc2nc(CSC3CCCCC3)[nH]c(=O)c2c1C. The van der Waals surface area contributed by atoms with E-state index in [1.807, 2.05) is 11.8 Å². The van der Waals surface area contributed by atoms with Crippen molar-refractivity contribution in [2.75, 3.05) is 7.11 Å². The van der Waals surface area contributed by atoms with Crippen LogP contribution in [0.15, 0.2) is 4.79 Å². The first-order chi connectivity index (χ1) is 11.1. The second-order valence-electron chi connectivity index (χ2n) is 5.81. The maximum Gasteiger partial charge on any atom is 0.348 e. The summed E-state index contributed by atoms with van der Waals surface area (Å²) in [7, 11) is 1.34. The summed E-state index contributed by atoms with van der Waals surface area (Å²) in [4.78, 5) is 32.6. The third kappa shape index (κ3) is 3.45. The van der Waals surface area contributed by atoms with Gasteiger partial charge in [0.1, 0.15) is 15.5 Å². The minimum absolute atomic E-state index is 0.168. The number of ether oxygens (including phenoxy) is 1. The predicted molar refractivity (Wildman–Crippen MR) is 94.5 cm³/mol. The van der Waals surface area contributed by atoms with Gasteiger partial charge in [-0.3, -0.25) is 4.79 Å². The molecule has 0 radical (unpaired) electrons. The number of hydrogen-bond donors (Lipinski definition) is 1. The van der Waals surface area contributed by atoms with Crippen molar-refractivity contribution in [1.29, 1.82) is 0 Å². The van der Waals surface area contributed by atoms with Crippen LogP contribution in [0.4, 0.5) is 0 Å². The van der Waals surface area contributed by atoms with Gasteiger partial charge in [-0.2, -0.15) is 11.8 Å². The van der Waals surface area contributed by atoms with E-state index in [4.69, 9.17) is 4.74 Å². The second kappa shape index (κ2) is 7.05. The second-order valence-corrected chi connectivity index (χ2v) is 8.10. The summed E-state index contributed by atoms with van der Waals surface area (Å²) in [6.45, 7) is 1.76. The molecule has 1 aliphatic rings. The van der Waals surface area contributed by atoms with Crippen LogP contribution in [-0.2, 0) is 10.5 Å². The van der Waals surface area contributed by atoms with Crippen LogP contribution in [0.3, 0.4) is 0 Å². The molecule has 1 saturated carbocycles. The fourth-order valence-corrected chi connectivity index (χ4v) is 5.29. The number of thiophene rings is 1. The van der Waals surface area contributed by atoms with Gasteiger partial charge in [-0.15, -0.1) is 11.3 Å². The molecule has 0 spiro atoms. The summed E-state index contributed by atoms with van der Waals surface area (Å²) in [5.74, 6) is 0.985. The maximum absolute atomic E-state index is 12.3. The topological polar surface area (TPSA) is 72.0 Å². The Labute approximate surface area is 142 Å². The number of hydrogen-bond acceptors (Lipinski definition) is 6. The number of nitrogens with one attached hydrogen (secondary N) is 1. The Bertz CT molecular complexity index is 775. The zero-order chi connectivity index (χ0) is 16.4. The molecule has 0 unspecified atom stereocenters. The summed E-state index contributed by atoms with van der Waals surface area (Å²) < 4.78 is 4.77. The molecule has 7 heteroatoms. The molecule has 1 N–H and O–H groups in total. The Morgan fingerprint density at radius 3 is 2.83 bits per heavy atom. The number of fused-ring (bicyclic) bond motifs is 1. The van der Waals surface area contributed by atoms with Gasteiger partial charge in [0.2, 0.25) is 0 Å². The third-order valence-corrected chi connectivity index (χ3v) is 6.78. The lowest BCUT2D eigenvalue weighted by molar-refractivity contribution is 0.0605. The molecule has 3 rings (SSSR count). The average Bonchev–Trinajstić information content (AvgIpc) is 2.90. The minimum atomic E-state index is -0.414. The number of rotatable bonds is 4. The molecular weight excluding hydrogens is 332 g/mol. The van der Waals surface area contributed by atoms with Crippen LogP contribution in [0.1, 0.15) is 53.2 Å². The molecule has 2 aromatic rings. The number of aromatic nitrogens is 2. The van der Waals surface area contributed by atoms with Gasteiger partial charge < -0.3 is 9.72 Å². The van der Waals surface area contributed by atoms with Crippen LogP contribution in [0, 0.1) is 6.92 Å². The van der Waals surface area contributed by atoms with Crippen LogP contribution < -0.4 is 5.56 Å². The molecule has 2 heterocycles. The number of carbonyl (C=O) groups excluding carboxylic acids is 1. The first-order valence-electron chi connectivity index (χ1n) is 7.82. The van der Waals surface area contributed by atoms with Gasteiger partial charge in [-0.25, -0.2) is 9.78 Å². The molecule has 5 nitrogen and oxygen atoms in total. The first kappa shape index (κ1) is 16.5. The zero-order valence-electron chi connectivity index (χ0n) is 13.3. The Kier molecular flexibility index (Phi) is 5.06. The average molecular weight is 352 g/mol. The van der Waals surface area contributed by atoms with E-state index in [0.717, 1.165) is 0 Å². The van der Waals surface area contributed by atoms with Crippen LogP contribution in [0.2, 0.25) is 0 Å². The van der Waals surface area contributed by atoms with Gasteiger partial charge in [0.25, 0.3) is 5.56 Å². The molecule has 0 aliphatic heterocycles. The van der Waals surface area contributed by atoms with E-state index in [0.29, 0.717) is 37.5 Å². The van der Waals surface area contributed by atoms with Crippen LogP contribution in [0.5, 0.6) is 0 Å². The molecule has 1 aliphatic carbocycles. The molecule has 0 atom stereocenters. The highest BCUT2D eigenvalue weighted by molar-refractivity contribution is 7.99. The van der Waals surface area contributed by atoms with Gasteiger partial charge in [0, 0.05) is 5.25 Å². The number of thioether (sulfide) groups is 1. The zero-order valence-corrected chi connectivity index (χ0v) is 14.9. The quantitative estimate of drug-likeness (QED) is 0.851. The standard InChI is InChI=1S/C16H20N2O3S2/c1-9-12-14(19)17-11(8-22-10-6-4-3-5-7-10)18-15(12)23-13(9)16(20)21-2/h10H,3-8H2,1-2H3,(H,17,18,19). The lowest BCUT2D eigenvalue weighted by Crippen LogP contribution is -2.13. The monoisotopic (exact) mass is 352 g/mol. The molecule has 0 bridgehead atoms. The normalized spacial score (nSPS) is 15.9. The lowest BCUT2D eigenvalue weighted by Gasteiger charge is -2.20. The maximum atomic E-state index is 12.3. The van der Waals surface area contributed by atoms with Crippen LogP contribution in [-0.4, -0.2) is 28.3 Å². The Balaban J connectivity index is 1.85. The van der Waals surface area contributed by atoms with E-state index in [1.54, 1.807) is 6.92 Å². The highest BCUT2D eigenvalue weighted by Crippen LogP contribution is 2.31. The van der Waals surface area contributed by atoms with Crippen molar-refractivity contribution in [3.05, 3.63) is 26.6 Å².